The summed E-state index contributed by atoms with van der Waals surface area (Å²) in [7, 11) is -20.4. The van der Waals surface area contributed by atoms with Crippen molar-refractivity contribution in [2.45, 2.75) is 141 Å². The SMILES string of the molecule is Cc1cn([C@H]2CC(OP(=O)(O)OC[C@H]3O[C@@H](n4cnc5c(=O)[nH]c(N)nc54)CC3OP(=O)(O)OC[C@H]3O[C@@H](n4cc(C)c(=O)[nH]c4=O)CC3OP(=O)(O)OC(C)(C)C)[C@@H](COP(=O)(O)OC(C)(C)C)O2)c(=O)[nH]c1=O. The Morgan fingerprint density at radius 1 is 0.600 bits per heavy atom. The maximum Gasteiger partial charge on any atom is 0.473 e. The highest BCUT2D eigenvalue weighted by atomic mass is 31.2. The third-order valence-corrected chi connectivity index (χ3v) is 15.6. The fourth-order valence-electron chi connectivity index (χ4n) is 7.97. The van der Waals surface area contributed by atoms with Gasteiger partial charge in [-0.15, -0.1) is 0 Å². The molecule has 0 bridgehead atoms. The molecule has 37 heteroatoms. The molecule has 0 amide bonds. The molecule has 0 spiro atoms. The van der Waals surface area contributed by atoms with Crippen LogP contribution >= 0.6 is 31.3 Å². The second-order valence-corrected chi connectivity index (χ2v) is 24.9. The van der Waals surface area contributed by atoms with E-state index in [1.54, 1.807) is 0 Å². The van der Waals surface area contributed by atoms with Crippen LogP contribution in [0.15, 0.2) is 42.7 Å². The van der Waals surface area contributed by atoms with Gasteiger partial charge < -0.3 is 39.5 Å². The van der Waals surface area contributed by atoms with Crippen LogP contribution < -0.4 is 33.8 Å². The number of nitrogens with two attached hydrogens (primary N) is 1. The van der Waals surface area contributed by atoms with Crippen LogP contribution in [0.2, 0.25) is 0 Å². The zero-order valence-corrected chi connectivity index (χ0v) is 44.8. The van der Waals surface area contributed by atoms with E-state index >= 15 is 0 Å². The summed E-state index contributed by atoms with van der Waals surface area (Å²) in [6.07, 6.45) is -10.9. The molecule has 418 valence electrons. The molecule has 3 aliphatic rings. The van der Waals surface area contributed by atoms with Crippen LogP contribution in [0.5, 0.6) is 0 Å². The molecule has 4 aromatic rings. The van der Waals surface area contributed by atoms with Crippen molar-refractivity contribution in [3.8, 4) is 0 Å². The second kappa shape index (κ2) is 21.9. The van der Waals surface area contributed by atoms with Crippen LogP contribution in [-0.2, 0) is 68.7 Å². The zero-order valence-electron chi connectivity index (χ0n) is 41.2. The minimum atomic E-state index is -5.37. The van der Waals surface area contributed by atoms with Crippen molar-refractivity contribution in [2.24, 2.45) is 0 Å². The van der Waals surface area contributed by atoms with E-state index in [1.165, 1.54) is 60.0 Å². The van der Waals surface area contributed by atoms with Gasteiger partial charge >= 0.3 is 42.7 Å². The number of phosphoric ester groups is 4. The van der Waals surface area contributed by atoms with E-state index in [9.17, 15) is 61.8 Å². The van der Waals surface area contributed by atoms with Gasteiger partial charge in [0.05, 0.1) is 37.4 Å². The lowest BCUT2D eigenvalue weighted by atomic mass is 10.2. The van der Waals surface area contributed by atoms with Gasteiger partial charge in [-0.2, -0.15) is 4.98 Å². The molecule has 13 atom stereocenters. The Morgan fingerprint density at radius 2 is 0.973 bits per heavy atom. The summed E-state index contributed by atoms with van der Waals surface area (Å²) in [5, 5.41) is 0. The van der Waals surface area contributed by atoms with Crippen molar-refractivity contribution in [2.75, 3.05) is 25.6 Å². The Bertz CT molecular complexity index is 3270. The van der Waals surface area contributed by atoms with Crippen LogP contribution in [0.25, 0.3) is 11.2 Å². The van der Waals surface area contributed by atoms with Gasteiger partial charge in [-0.3, -0.25) is 79.2 Å². The Balaban J connectivity index is 1.11. The van der Waals surface area contributed by atoms with Gasteiger partial charge in [-0.1, -0.05) is 0 Å². The zero-order chi connectivity index (χ0) is 55.4. The Labute approximate surface area is 422 Å². The lowest BCUT2D eigenvalue weighted by Crippen LogP contribution is -2.33. The summed E-state index contributed by atoms with van der Waals surface area (Å²) in [5.41, 5.74) is -0.723. The first-order chi connectivity index (χ1) is 34.6. The number of hydrogen-bond acceptors (Lipinski definition) is 23. The maximum absolute atomic E-state index is 13.9. The molecule has 9 N–H and O–H groups in total. The van der Waals surface area contributed by atoms with E-state index in [2.05, 4.69) is 24.9 Å². The number of aromatic amines is 3. The monoisotopic (exact) mass is 1150 g/mol. The van der Waals surface area contributed by atoms with Gasteiger partial charge in [0.15, 0.2) is 11.2 Å². The molecule has 33 nitrogen and oxygen atoms in total. The molecule has 7 heterocycles. The first kappa shape index (κ1) is 58.5. The number of phosphoric acid groups is 4. The number of nitrogens with one attached hydrogen (secondary N) is 3. The van der Waals surface area contributed by atoms with Crippen LogP contribution in [-0.4, -0.2) is 126 Å². The van der Waals surface area contributed by atoms with Crippen LogP contribution in [0.3, 0.4) is 0 Å². The van der Waals surface area contributed by atoms with E-state index in [-0.39, 0.29) is 34.7 Å². The molecule has 3 saturated heterocycles. The summed E-state index contributed by atoms with van der Waals surface area (Å²) >= 11 is 0. The predicted molar refractivity (Wildman–Crippen MR) is 254 cm³/mol. The Kier molecular flexibility index (Phi) is 17.1. The summed E-state index contributed by atoms with van der Waals surface area (Å²) in [6, 6.07) is 0. The number of nitrogen functional groups attached to an aromatic ring is 1. The molecular weight excluding hydrogens is 1090 g/mol. The van der Waals surface area contributed by atoms with Crippen molar-refractivity contribution in [3.63, 3.8) is 0 Å². The third-order valence-electron chi connectivity index (χ3n) is 11.0. The molecule has 0 aromatic carbocycles. The molecule has 4 aromatic heterocycles. The normalized spacial score (nSPS) is 27.8. The van der Waals surface area contributed by atoms with Crippen LogP contribution in [0.4, 0.5) is 5.95 Å². The number of aromatic nitrogens is 8. The van der Waals surface area contributed by atoms with Gasteiger partial charge in [-0.25, -0.2) is 32.8 Å². The summed E-state index contributed by atoms with van der Waals surface area (Å²) in [4.78, 5) is 121. The molecule has 0 aliphatic carbocycles. The van der Waals surface area contributed by atoms with Gasteiger partial charge in [0, 0.05) is 42.8 Å². The van der Waals surface area contributed by atoms with Gasteiger partial charge in [0.2, 0.25) is 5.95 Å². The highest BCUT2D eigenvalue weighted by Gasteiger charge is 2.49. The van der Waals surface area contributed by atoms with Gasteiger partial charge in [0.1, 0.15) is 55.3 Å². The van der Waals surface area contributed by atoms with E-state index in [0.29, 0.717) is 0 Å². The van der Waals surface area contributed by atoms with Crippen molar-refractivity contribution >= 4 is 48.4 Å². The van der Waals surface area contributed by atoms with Crippen LogP contribution in [0.1, 0.15) is 90.6 Å². The van der Waals surface area contributed by atoms with E-state index in [4.69, 9.17) is 56.1 Å². The lowest BCUT2D eigenvalue weighted by molar-refractivity contribution is -0.0623. The number of H-pyrrole nitrogens is 3. The average Bonchev–Trinajstić information content (AvgIpc) is 4.04. The highest BCUT2D eigenvalue weighted by molar-refractivity contribution is 7.48. The summed E-state index contributed by atoms with van der Waals surface area (Å²) in [5.74, 6) is -0.320. The molecule has 0 radical (unpaired) electrons. The summed E-state index contributed by atoms with van der Waals surface area (Å²) in [6.45, 7) is 8.91. The first-order valence-corrected chi connectivity index (χ1v) is 28.6. The number of aryl methyl sites for hydroxylation is 2. The lowest BCUT2D eigenvalue weighted by Gasteiger charge is -2.27. The Hall–Kier alpha value is -4.17. The van der Waals surface area contributed by atoms with E-state index < -0.39 is 159 Å². The molecule has 7 unspecified atom stereocenters. The topological polar surface area (TPSA) is 450 Å². The quantitative estimate of drug-likeness (QED) is 0.0581. The number of hydrogen-bond donors (Lipinski definition) is 8. The molecular formula is C38H57N9O24P4. The average molecular weight is 1150 g/mol. The number of rotatable bonds is 20. The summed E-state index contributed by atoms with van der Waals surface area (Å²) < 4.78 is 117. The van der Waals surface area contributed by atoms with Gasteiger partial charge in [0.25, 0.3) is 16.7 Å². The molecule has 75 heavy (non-hydrogen) atoms. The number of nitrogens with zero attached hydrogens (tertiary/aromatic N) is 5. The van der Waals surface area contributed by atoms with E-state index in [1.807, 2.05) is 0 Å². The van der Waals surface area contributed by atoms with Crippen LogP contribution in [0, 0.1) is 13.8 Å². The number of ether oxygens (including phenoxy) is 3. The number of anilines is 1. The van der Waals surface area contributed by atoms with Gasteiger partial charge in [-0.05, 0) is 55.4 Å². The molecule has 3 fully saturated rings. The minimum Gasteiger partial charge on any atom is -0.369 e. The first-order valence-electron chi connectivity index (χ1n) is 22.6. The fourth-order valence-corrected chi connectivity index (χ4v) is 12.3. The number of imidazole rings is 1. The highest BCUT2D eigenvalue weighted by Crippen LogP contribution is 2.55. The van der Waals surface area contributed by atoms with E-state index in [0.717, 1.165) is 27.9 Å². The minimum absolute atomic E-state index is 0.0820. The predicted octanol–water partition coefficient (Wildman–Crippen LogP) is 1.52. The Morgan fingerprint density at radius 3 is 1.39 bits per heavy atom. The standard InChI is InChI=1S/C38H57N9O24P4/c1-18-12-45(35(51)43-31(18)48)26-9-20(25(65-26)16-63-74(57,58)70-37(3,4)5)67-72(53,54)61-14-23-21(11-28(66-23)47-17-40-29-30(47)41-34(39)42-33(29)50)68-73(55,56)62-15-24-22(69-75(59,60)71-38(6,7)8)10-27(64-24)46-13-19(2)32(49)44-36(46)52/h12-13,17,20-28H,9-11,14-16H2,1-8H3,(H,53,54)(H,55,56)(H,57,58)(H,59,60)(H,43,48,51)(H,44,49,52)(H3,39,41,42,50)/t20?,21?,22?,23-,24-,25-,26-,27-,28-/m1/s1. The maximum atomic E-state index is 13.9. The van der Waals surface area contributed by atoms with Crippen molar-refractivity contribution in [1.82, 2.24) is 38.6 Å². The third kappa shape index (κ3) is 15.1. The molecule has 0 saturated carbocycles. The largest absolute Gasteiger partial charge is 0.473 e. The van der Waals surface area contributed by atoms with Crippen molar-refractivity contribution in [1.29, 1.82) is 0 Å². The fraction of sp³-hybridized carbons (Fsp3) is 0.658. The smallest absolute Gasteiger partial charge is 0.369 e. The second-order valence-electron chi connectivity index (χ2n) is 19.4. The molecule has 3 aliphatic heterocycles. The van der Waals surface area contributed by atoms with Crippen molar-refractivity contribution < 1.29 is 88.2 Å². The molecule has 7 rings (SSSR count). The van der Waals surface area contributed by atoms with Crippen molar-refractivity contribution in [3.05, 3.63) is 81.9 Å². The number of fused-ring (bicyclic) bond motifs is 1.